The van der Waals surface area contributed by atoms with E-state index in [0.717, 1.165) is 0 Å². The summed E-state index contributed by atoms with van der Waals surface area (Å²) in [5, 5.41) is 12.9. The second-order valence-electron chi connectivity index (χ2n) is 2.40. The maximum absolute atomic E-state index is 13.2. The molecular formula is C7H5FN4S. The summed E-state index contributed by atoms with van der Waals surface area (Å²) in [7, 11) is 0. The number of thiol groups is 1. The molecule has 0 saturated carbocycles. The van der Waals surface area contributed by atoms with Gasteiger partial charge in [0.15, 0.2) is 0 Å². The molecular weight excluding hydrogens is 191 g/mol. The van der Waals surface area contributed by atoms with Crippen LogP contribution >= 0.6 is 12.6 Å². The largest absolute Gasteiger partial charge is 0.207 e. The van der Waals surface area contributed by atoms with E-state index < -0.39 is 0 Å². The first-order chi connectivity index (χ1) is 6.27. The number of nitrogens with one attached hydrogen (secondary N) is 1. The Balaban J connectivity index is 2.57. The van der Waals surface area contributed by atoms with Crippen LogP contribution < -0.4 is 0 Å². The Hall–Kier alpha value is -1.43. The third-order valence-corrected chi connectivity index (χ3v) is 1.81. The number of halogens is 1. The van der Waals surface area contributed by atoms with Gasteiger partial charge in [-0.25, -0.2) is 4.39 Å². The third-order valence-electron chi connectivity index (χ3n) is 1.54. The molecule has 0 fully saturated rings. The Morgan fingerprint density at radius 3 is 2.92 bits per heavy atom. The van der Waals surface area contributed by atoms with Crippen molar-refractivity contribution in [3.63, 3.8) is 0 Å². The predicted octanol–water partition coefficient (Wildman–Crippen LogP) is 1.29. The molecule has 0 unspecified atom stereocenters. The minimum Gasteiger partial charge on any atom is -0.206 e. The lowest BCUT2D eigenvalue weighted by atomic mass is 10.2. The molecule has 0 atom stereocenters. The summed E-state index contributed by atoms with van der Waals surface area (Å²) >= 11 is 4.08. The molecule has 2 aromatic rings. The molecule has 0 aliphatic carbocycles. The van der Waals surface area contributed by atoms with Gasteiger partial charge in [0.1, 0.15) is 5.82 Å². The van der Waals surface area contributed by atoms with Gasteiger partial charge in [0, 0.05) is 4.90 Å². The molecule has 0 spiro atoms. The van der Waals surface area contributed by atoms with Crippen molar-refractivity contribution in [1.82, 2.24) is 20.6 Å². The van der Waals surface area contributed by atoms with Crippen molar-refractivity contribution in [1.29, 1.82) is 0 Å². The molecule has 4 nitrogen and oxygen atoms in total. The Kier molecular flexibility index (Phi) is 1.97. The van der Waals surface area contributed by atoms with E-state index in [1.54, 1.807) is 12.1 Å². The van der Waals surface area contributed by atoms with E-state index in [0.29, 0.717) is 10.5 Å². The van der Waals surface area contributed by atoms with Crippen LogP contribution in [0.2, 0.25) is 0 Å². The van der Waals surface area contributed by atoms with Gasteiger partial charge in [-0.2, -0.15) is 5.21 Å². The van der Waals surface area contributed by atoms with Gasteiger partial charge in [0.2, 0.25) is 5.82 Å². The van der Waals surface area contributed by atoms with E-state index in [2.05, 4.69) is 33.3 Å². The molecule has 6 heteroatoms. The van der Waals surface area contributed by atoms with Crippen molar-refractivity contribution in [3.05, 3.63) is 24.0 Å². The number of rotatable bonds is 1. The van der Waals surface area contributed by atoms with E-state index in [1.165, 1.54) is 6.07 Å². The van der Waals surface area contributed by atoms with Crippen molar-refractivity contribution in [2.45, 2.75) is 4.90 Å². The summed E-state index contributed by atoms with van der Waals surface area (Å²) in [4.78, 5) is 0.654. The van der Waals surface area contributed by atoms with Gasteiger partial charge < -0.3 is 0 Å². The molecule has 0 aliphatic rings. The van der Waals surface area contributed by atoms with E-state index >= 15 is 0 Å². The van der Waals surface area contributed by atoms with Gasteiger partial charge in [-0.15, -0.1) is 22.8 Å². The van der Waals surface area contributed by atoms with E-state index in [4.69, 9.17) is 0 Å². The first-order valence-electron chi connectivity index (χ1n) is 3.50. The van der Waals surface area contributed by atoms with Crippen LogP contribution in [0, 0.1) is 5.82 Å². The molecule has 0 amide bonds. The van der Waals surface area contributed by atoms with Crippen LogP contribution in [-0.4, -0.2) is 20.6 Å². The average molecular weight is 196 g/mol. The second-order valence-corrected chi connectivity index (χ2v) is 2.92. The van der Waals surface area contributed by atoms with E-state index in [9.17, 15) is 4.39 Å². The summed E-state index contributed by atoms with van der Waals surface area (Å²) in [6.45, 7) is 0. The van der Waals surface area contributed by atoms with Crippen molar-refractivity contribution in [2.75, 3.05) is 0 Å². The fourth-order valence-corrected chi connectivity index (χ4v) is 1.16. The van der Waals surface area contributed by atoms with Gasteiger partial charge in [0.05, 0.1) is 5.56 Å². The number of nitrogens with zero attached hydrogens (tertiary/aromatic N) is 3. The molecule has 1 heterocycles. The van der Waals surface area contributed by atoms with Crippen LogP contribution in [0.15, 0.2) is 23.1 Å². The fraction of sp³-hybridized carbons (Fsp3) is 0. The SMILES string of the molecule is Fc1ccc(S)cc1-c1nn[nH]n1. The summed E-state index contributed by atoms with van der Waals surface area (Å²) in [6, 6.07) is 4.42. The Morgan fingerprint density at radius 1 is 1.38 bits per heavy atom. The van der Waals surface area contributed by atoms with Crippen molar-refractivity contribution in [3.8, 4) is 11.4 Å². The molecule has 2 rings (SSSR count). The quantitative estimate of drug-likeness (QED) is 0.676. The van der Waals surface area contributed by atoms with Gasteiger partial charge >= 0.3 is 0 Å². The monoisotopic (exact) mass is 196 g/mol. The summed E-state index contributed by atoms with van der Waals surface area (Å²) in [5.74, 6) is -0.160. The highest BCUT2D eigenvalue weighted by Crippen LogP contribution is 2.20. The lowest BCUT2D eigenvalue weighted by molar-refractivity contribution is 0.629. The molecule has 0 aliphatic heterocycles. The molecule has 0 bridgehead atoms. The molecule has 66 valence electrons. The zero-order valence-electron chi connectivity index (χ0n) is 6.40. The molecule has 13 heavy (non-hydrogen) atoms. The predicted molar refractivity (Wildman–Crippen MR) is 46.8 cm³/mol. The zero-order valence-corrected chi connectivity index (χ0v) is 7.29. The molecule has 1 aromatic heterocycles. The van der Waals surface area contributed by atoms with Crippen LogP contribution in [-0.2, 0) is 0 Å². The lowest BCUT2D eigenvalue weighted by Crippen LogP contribution is -1.86. The van der Waals surface area contributed by atoms with Crippen LogP contribution in [0.3, 0.4) is 0 Å². The topological polar surface area (TPSA) is 54.5 Å². The van der Waals surface area contributed by atoms with Gasteiger partial charge in [-0.3, -0.25) is 0 Å². The third kappa shape index (κ3) is 1.52. The number of hydrogen-bond donors (Lipinski definition) is 2. The first-order valence-corrected chi connectivity index (χ1v) is 3.94. The molecule has 0 saturated heterocycles. The average Bonchev–Trinajstić information content (AvgIpc) is 2.61. The smallest absolute Gasteiger partial charge is 0.206 e. The molecule has 1 N–H and O–H groups in total. The summed E-state index contributed by atoms with van der Waals surface area (Å²) in [6.07, 6.45) is 0. The molecule has 1 aromatic carbocycles. The number of hydrogen-bond acceptors (Lipinski definition) is 4. The van der Waals surface area contributed by atoms with Crippen LogP contribution in [0.5, 0.6) is 0 Å². The van der Waals surface area contributed by atoms with Crippen LogP contribution in [0.4, 0.5) is 4.39 Å². The number of aromatic nitrogens is 4. The van der Waals surface area contributed by atoms with Crippen molar-refractivity contribution < 1.29 is 4.39 Å². The van der Waals surface area contributed by atoms with Crippen LogP contribution in [0.1, 0.15) is 0 Å². The maximum atomic E-state index is 13.2. The number of H-pyrrole nitrogens is 1. The van der Waals surface area contributed by atoms with E-state index in [1.807, 2.05) is 0 Å². The highest BCUT2D eigenvalue weighted by molar-refractivity contribution is 7.80. The summed E-state index contributed by atoms with van der Waals surface area (Å²) < 4.78 is 13.2. The zero-order chi connectivity index (χ0) is 9.26. The lowest BCUT2D eigenvalue weighted by Gasteiger charge is -1.97. The van der Waals surface area contributed by atoms with Gasteiger partial charge in [0.25, 0.3) is 0 Å². The van der Waals surface area contributed by atoms with E-state index in [-0.39, 0.29) is 11.6 Å². The minimum atomic E-state index is -0.390. The van der Waals surface area contributed by atoms with Crippen LogP contribution in [0.25, 0.3) is 11.4 Å². The standard InChI is InChI=1S/C7H5FN4S/c8-6-2-1-4(13)3-5(6)7-9-11-12-10-7/h1-3,13H,(H,9,10,11,12). The summed E-state index contributed by atoms with van der Waals surface area (Å²) in [5.41, 5.74) is 0.293. The highest BCUT2D eigenvalue weighted by atomic mass is 32.1. The highest BCUT2D eigenvalue weighted by Gasteiger charge is 2.08. The van der Waals surface area contributed by atoms with Crippen molar-refractivity contribution in [2.24, 2.45) is 0 Å². The molecule has 0 radical (unpaired) electrons. The number of tetrazole rings is 1. The maximum Gasteiger partial charge on any atom is 0.207 e. The number of aromatic amines is 1. The van der Waals surface area contributed by atoms with Gasteiger partial charge in [-0.1, -0.05) is 0 Å². The van der Waals surface area contributed by atoms with Crippen molar-refractivity contribution >= 4 is 12.6 Å². The fourth-order valence-electron chi connectivity index (χ4n) is 0.961. The first kappa shape index (κ1) is 8.18. The number of benzene rings is 1. The second kappa shape index (κ2) is 3.14. The Bertz CT molecular complexity index is 414. The Labute approximate surface area is 78.6 Å². The van der Waals surface area contributed by atoms with Gasteiger partial charge in [-0.05, 0) is 23.4 Å². The minimum absolute atomic E-state index is 0.230. The Morgan fingerprint density at radius 2 is 2.23 bits per heavy atom. The normalized spacial score (nSPS) is 10.3.